The number of nitrogens with zero attached hydrogens (tertiary/aromatic N) is 2. The number of hydrogen-bond acceptors (Lipinski definition) is 8. The highest BCUT2D eigenvalue weighted by Crippen LogP contribution is 2.46. The zero-order valence-electron chi connectivity index (χ0n) is 24.4. The summed E-state index contributed by atoms with van der Waals surface area (Å²) in [6, 6.07) is 2.75. The summed E-state index contributed by atoms with van der Waals surface area (Å²) in [5.74, 6) is -0.518. The largest absolute Gasteiger partial charge is 0.380 e. The van der Waals surface area contributed by atoms with Gasteiger partial charge in [0.2, 0.25) is 5.91 Å². The van der Waals surface area contributed by atoms with E-state index in [1.165, 1.54) is 6.07 Å². The Bertz CT molecular complexity index is 1700. The van der Waals surface area contributed by atoms with Crippen LogP contribution in [0.15, 0.2) is 16.9 Å². The fourth-order valence-corrected chi connectivity index (χ4v) is 7.20. The van der Waals surface area contributed by atoms with Crippen molar-refractivity contribution in [1.29, 1.82) is 0 Å². The SMILES string of the molecule is CC[C@]1(O)c2cc3n(c(=O)c2COC1O)Cc1c-3nc2cc(F)c(C)c3c2c1[C@@H](NC(=O)CCOC1CCCCO1)CC3. The first-order chi connectivity index (χ1) is 20.7. The molecule has 2 aromatic heterocycles. The number of fused-ring (bicyclic) bond motifs is 5. The summed E-state index contributed by atoms with van der Waals surface area (Å²) in [4.78, 5) is 31.8. The maximum Gasteiger partial charge on any atom is 0.257 e. The van der Waals surface area contributed by atoms with E-state index in [1.54, 1.807) is 24.5 Å². The van der Waals surface area contributed by atoms with Crippen molar-refractivity contribution >= 4 is 16.8 Å². The number of aromatic nitrogens is 2. The van der Waals surface area contributed by atoms with Gasteiger partial charge >= 0.3 is 0 Å². The van der Waals surface area contributed by atoms with E-state index >= 15 is 4.39 Å². The topological polar surface area (TPSA) is 132 Å². The van der Waals surface area contributed by atoms with E-state index in [0.717, 1.165) is 41.3 Å². The highest BCUT2D eigenvalue weighted by Gasteiger charge is 2.45. The highest BCUT2D eigenvalue weighted by atomic mass is 19.1. The minimum atomic E-state index is -1.76. The monoisotopic (exact) mass is 593 g/mol. The van der Waals surface area contributed by atoms with Crippen molar-refractivity contribution in [1.82, 2.24) is 14.9 Å². The Balaban J connectivity index is 1.29. The molecule has 5 heterocycles. The lowest BCUT2D eigenvalue weighted by molar-refractivity contribution is -0.236. The van der Waals surface area contributed by atoms with Crippen LogP contribution < -0.4 is 10.9 Å². The van der Waals surface area contributed by atoms with Crippen LogP contribution in [0.5, 0.6) is 0 Å². The van der Waals surface area contributed by atoms with Gasteiger partial charge in [-0.2, -0.15) is 0 Å². The summed E-state index contributed by atoms with van der Waals surface area (Å²) in [6.07, 6.45) is 2.58. The summed E-state index contributed by atoms with van der Waals surface area (Å²) < 4.78 is 33.5. The summed E-state index contributed by atoms with van der Waals surface area (Å²) in [7, 11) is 0. The zero-order valence-corrected chi connectivity index (χ0v) is 24.4. The average Bonchev–Trinajstić information content (AvgIpc) is 3.37. The molecule has 0 radical (unpaired) electrons. The van der Waals surface area contributed by atoms with Crippen LogP contribution in [0.1, 0.15) is 84.9 Å². The predicted octanol–water partition coefficient (Wildman–Crippen LogP) is 3.36. The highest BCUT2D eigenvalue weighted by molar-refractivity contribution is 5.93. The van der Waals surface area contributed by atoms with Gasteiger partial charge in [-0.25, -0.2) is 9.37 Å². The standard InChI is InChI=1S/C32H36FN3O7/c1-3-32(40)20-12-24-29-18(14-36(24)30(38)19(20)15-43-31(32)39)28-22(34-25(37)9-11-42-26-6-4-5-10-41-26)8-7-17-16(2)21(33)13-23(35-29)27(17)28/h12-13,22,26,31,39-40H,3-11,14-15H2,1-2H3,(H,34,37)/t22-,26?,31?,32-/m0/s1. The summed E-state index contributed by atoms with van der Waals surface area (Å²) in [6.45, 7) is 4.47. The molecule has 2 unspecified atom stereocenters. The molecule has 3 aliphatic heterocycles. The second-order valence-electron chi connectivity index (χ2n) is 12.0. The minimum Gasteiger partial charge on any atom is -0.380 e. The van der Waals surface area contributed by atoms with Gasteiger partial charge in [0.05, 0.1) is 49.1 Å². The number of ether oxygens (including phenoxy) is 3. The van der Waals surface area contributed by atoms with Crippen molar-refractivity contribution in [3.8, 4) is 11.4 Å². The fourth-order valence-electron chi connectivity index (χ4n) is 7.20. The van der Waals surface area contributed by atoms with Gasteiger partial charge < -0.3 is 34.3 Å². The van der Waals surface area contributed by atoms with E-state index in [2.05, 4.69) is 5.32 Å². The van der Waals surface area contributed by atoms with Crippen molar-refractivity contribution in [3.05, 3.63) is 61.7 Å². The molecule has 3 N–H and O–H groups in total. The van der Waals surface area contributed by atoms with Gasteiger partial charge in [-0.1, -0.05) is 6.92 Å². The van der Waals surface area contributed by atoms with Crippen LogP contribution in [-0.4, -0.2) is 51.5 Å². The molecule has 11 heteroatoms. The normalized spacial score (nSPS) is 25.7. The third-order valence-electron chi connectivity index (χ3n) is 9.64. The van der Waals surface area contributed by atoms with Crippen LogP contribution in [0.25, 0.3) is 22.3 Å². The lowest BCUT2D eigenvalue weighted by atomic mass is 9.81. The van der Waals surface area contributed by atoms with Crippen LogP contribution >= 0.6 is 0 Å². The summed E-state index contributed by atoms with van der Waals surface area (Å²) in [5.41, 5.74) is 3.02. The number of aryl methyl sites for hydroxylation is 1. The molecule has 7 rings (SSSR count). The first-order valence-electron chi connectivity index (χ1n) is 15.2. The van der Waals surface area contributed by atoms with E-state index in [-0.39, 0.29) is 62.2 Å². The Hall–Kier alpha value is -3.22. The third-order valence-corrected chi connectivity index (χ3v) is 9.64. The van der Waals surface area contributed by atoms with E-state index < -0.39 is 11.9 Å². The quantitative estimate of drug-likeness (QED) is 0.310. The zero-order chi connectivity index (χ0) is 30.0. The number of carbonyl (C=O) groups excluding carboxylic acids is 1. The molecule has 0 saturated carbocycles. The van der Waals surface area contributed by atoms with Gasteiger partial charge in [0.25, 0.3) is 5.56 Å². The van der Waals surface area contributed by atoms with Crippen LogP contribution in [-0.2, 0) is 44.2 Å². The number of carbonyl (C=O) groups is 1. The number of aliphatic hydroxyl groups excluding tert-OH is 1. The smallest absolute Gasteiger partial charge is 0.257 e. The number of amides is 1. The molecule has 1 saturated heterocycles. The Morgan fingerprint density at radius 2 is 2.07 bits per heavy atom. The van der Waals surface area contributed by atoms with Crippen molar-refractivity contribution in [2.75, 3.05) is 13.2 Å². The Labute approximate surface area is 247 Å². The van der Waals surface area contributed by atoms with Gasteiger partial charge in [0.15, 0.2) is 12.6 Å². The van der Waals surface area contributed by atoms with Crippen LogP contribution in [0.3, 0.4) is 0 Å². The Morgan fingerprint density at radius 1 is 1.23 bits per heavy atom. The second-order valence-corrected chi connectivity index (χ2v) is 12.0. The van der Waals surface area contributed by atoms with E-state index in [4.69, 9.17) is 19.2 Å². The Morgan fingerprint density at radius 3 is 2.84 bits per heavy atom. The first-order valence-corrected chi connectivity index (χ1v) is 15.2. The third kappa shape index (κ3) is 4.52. The molecule has 1 aliphatic carbocycles. The molecule has 10 nitrogen and oxygen atoms in total. The van der Waals surface area contributed by atoms with Crippen LogP contribution in [0.2, 0.25) is 0 Å². The van der Waals surface area contributed by atoms with Gasteiger partial charge in [-0.3, -0.25) is 9.59 Å². The second kappa shape index (κ2) is 10.7. The molecule has 0 spiro atoms. The number of hydrogen-bond donors (Lipinski definition) is 3. The van der Waals surface area contributed by atoms with E-state index in [1.807, 2.05) is 0 Å². The molecule has 3 aromatic rings. The molecule has 4 aliphatic rings. The van der Waals surface area contributed by atoms with E-state index in [9.17, 15) is 19.8 Å². The lowest BCUT2D eigenvalue weighted by Crippen LogP contribution is -2.47. The number of rotatable bonds is 6. The van der Waals surface area contributed by atoms with Gasteiger partial charge in [-0.15, -0.1) is 0 Å². The van der Waals surface area contributed by atoms with Crippen molar-refractivity contribution in [2.45, 2.75) is 96.2 Å². The number of aliphatic hydroxyl groups is 2. The maximum atomic E-state index is 15.1. The van der Waals surface area contributed by atoms with Crippen LogP contribution in [0, 0.1) is 12.7 Å². The molecule has 0 bridgehead atoms. The molecular formula is C32H36FN3O7. The van der Waals surface area contributed by atoms with Crippen molar-refractivity contribution in [3.63, 3.8) is 0 Å². The van der Waals surface area contributed by atoms with Crippen molar-refractivity contribution < 1.29 is 33.6 Å². The average molecular weight is 594 g/mol. The molecule has 1 aromatic carbocycles. The summed E-state index contributed by atoms with van der Waals surface area (Å²) in [5, 5.41) is 25.8. The van der Waals surface area contributed by atoms with Gasteiger partial charge in [-0.05, 0) is 68.2 Å². The molecular weight excluding hydrogens is 557 g/mol. The van der Waals surface area contributed by atoms with E-state index in [0.29, 0.717) is 53.0 Å². The number of benzene rings is 1. The fraction of sp³-hybridized carbons (Fsp3) is 0.531. The number of halogens is 1. The maximum absolute atomic E-state index is 15.1. The molecule has 1 fully saturated rings. The van der Waals surface area contributed by atoms with Crippen LogP contribution in [0.4, 0.5) is 4.39 Å². The van der Waals surface area contributed by atoms with Crippen molar-refractivity contribution in [2.24, 2.45) is 0 Å². The lowest BCUT2D eigenvalue weighted by Gasteiger charge is -2.37. The molecule has 43 heavy (non-hydrogen) atoms. The predicted molar refractivity (Wildman–Crippen MR) is 154 cm³/mol. The minimum absolute atomic E-state index is 0.127. The van der Waals surface area contributed by atoms with Gasteiger partial charge in [0.1, 0.15) is 11.4 Å². The number of pyridine rings is 2. The molecule has 4 atom stereocenters. The number of nitrogens with one attached hydrogen (secondary N) is 1. The molecule has 1 amide bonds. The van der Waals surface area contributed by atoms with Gasteiger partial charge in [0, 0.05) is 34.7 Å². The first kappa shape index (κ1) is 28.5. The molecule has 228 valence electrons. The summed E-state index contributed by atoms with van der Waals surface area (Å²) >= 11 is 0. The Kier molecular flexibility index (Phi) is 7.13.